The average molecular weight is 468 g/mol. The largest absolute Gasteiger partial charge is 0.419 e. The Balaban J connectivity index is 1.37. The number of carbonyl (C=O) groups excluding carboxylic acids is 2. The highest BCUT2D eigenvalue weighted by molar-refractivity contribution is 6.31. The lowest BCUT2D eigenvalue weighted by molar-refractivity contribution is -0.140. The Morgan fingerprint density at radius 1 is 1.22 bits per heavy atom. The normalized spacial score (nSPS) is 16.7. The van der Waals surface area contributed by atoms with E-state index in [1.807, 2.05) is 18.3 Å². The molecule has 2 N–H and O–H groups in total. The number of fused-ring (bicyclic) bond motifs is 1. The van der Waals surface area contributed by atoms with Gasteiger partial charge in [-0.1, -0.05) is 11.6 Å². The quantitative estimate of drug-likeness (QED) is 0.422. The highest BCUT2D eigenvalue weighted by Crippen LogP contribution is 2.34. The number of alkyl halides is 3. The van der Waals surface area contributed by atoms with Crippen molar-refractivity contribution >= 4 is 40.0 Å². The Hall–Kier alpha value is -3.07. The number of halogens is 5. The molecule has 32 heavy (non-hydrogen) atoms. The number of nitrogens with zero attached hydrogens (tertiary/aromatic N) is 1. The molecule has 0 saturated carbocycles. The van der Waals surface area contributed by atoms with E-state index in [1.165, 1.54) is 0 Å². The molecule has 1 aliphatic rings. The summed E-state index contributed by atoms with van der Waals surface area (Å²) in [5, 5.41) is 4.27. The second-order valence-corrected chi connectivity index (χ2v) is 7.97. The lowest BCUT2D eigenvalue weighted by Crippen LogP contribution is -2.37. The fraction of sp³-hybridized carbons (Fsp3) is 0.273. The molecule has 168 valence electrons. The van der Waals surface area contributed by atoms with Crippen LogP contribution in [-0.2, 0) is 22.2 Å². The minimum Gasteiger partial charge on any atom is -0.361 e. The molecule has 1 aromatic heterocycles. The van der Waals surface area contributed by atoms with Gasteiger partial charge in [0, 0.05) is 40.9 Å². The van der Waals surface area contributed by atoms with Gasteiger partial charge in [0.15, 0.2) is 0 Å². The van der Waals surface area contributed by atoms with Crippen LogP contribution >= 0.6 is 11.6 Å². The smallest absolute Gasteiger partial charge is 0.361 e. The number of benzene rings is 2. The summed E-state index contributed by atoms with van der Waals surface area (Å²) in [7, 11) is 0. The first-order chi connectivity index (χ1) is 15.1. The molecule has 1 fully saturated rings. The maximum atomic E-state index is 13.9. The molecule has 2 aromatic carbocycles. The predicted octanol–water partition coefficient (Wildman–Crippen LogP) is 4.69. The maximum Gasteiger partial charge on any atom is 0.419 e. The van der Waals surface area contributed by atoms with Gasteiger partial charge in [0.05, 0.1) is 5.56 Å². The molecule has 5 nitrogen and oxygen atoms in total. The second-order valence-electron chi connectivity index (χ2n) is 7.54. The molecule has 2 heterocycles. The molecule has 3 aromatic rings. The molecule has 0 spiro atoms. The summed E-state index contributed by atoms with van der Waals surface area (Å²) in [4.78, 5) is 29.4. The molecule has 10 heteroatoms. The standard InChI is InChI=1S/C22H18ClF4N3O2/c23-13-1-4-19-16(9-13)12(11-29-19)5-7-28-20(31)15-6-8-30(21(15)32)14-2-3-17(18(24)10-14)22(25,26)27/h1-4,9-11,15,29H,5-8H2,(H,28,31). The summed E-state index contributed by atoms with van der Waals surface area (Å²) >= 11 is 6.03. The van der Waals surface area contributed by atoms with Gasteiger partial charge in [-0.25, -0.2) is 4.39 Å². The van der Waals surface area contributed by atoms with Gasteiger partial charge in [0.25, 0.3) is 0 Å². The van der Waals surface area contributed by atoms with E-state index < -0.39 is 35.3 Å². The zero-order valence-electron chi connectivity index (χ0n) is 16.6. The molecule has 0 bridgehead atoms. The van der Waals surface area contributed by atoms with Crippen molar-refractivity contribution in [3.8, 4) is 0 Å². The minimum atomic E-state index is -4.82. The van der Waals surface area contributed by atoms with Crippen LogP contribution < -0.4 is 10.2 Å². The van der Waals surface area contributed by atoms with Crippen LogP contribution in [0.15, 0.2) is 42.6 Å². The van der Waals surface area contributed by atoms with Crippen LogP contribution in [0, 0.1) is 11.7 Å². The summed E-state index contributed by atoms with van der Waals surface area (Å²) in [5.41, 5.74) is 0.468. The molecule has 1 atom stereocenters. The van der Waals surface area contributed by atoms with E-state index in [1.54, 1.807) is 6.07 Å². The van der Waals surface area contributed by atoms with Crippen molar-refractivity contribution in [3.05, 3.63) is 64.6 Å². The van der Waals surface area contributed by atoms with E-state index in [0.29, 0.717) is 23.6 Å². The van der Waals surface area contributed by atoms with Crippen molar-refractivity contribution in [1.82, 2.24) is 10.3 Å². The third kappa shape index (κ3) is 4.29. The summed E-state index contributed by atoms with van der Waals surface area (Å²) in [6, 6.07) is 7.75. The number of nitrogens with one attached hydrogen (secondary N) is 2. The Bertz CT molecular complexity index is 1190. The zero-order valence-corrected chi connectivity index (χ0v) is 17.4. The van der Waals surface area contributed by atoms with Gasteiger partial charge >= 0.3 is 6.18 Å². The fourth-order valence-electron chi connectivity index (χ4n) is 3.88. The third-order valence-corrected chi connectivity index (χ3v) is 5.75. The molecule has 4 rings (SSSR count). The number of hydrogen-bond donors (Lipinski definition) is 2. The van der Waals surface area contributed by atoms with Crippen LogP contribution in [0.25, 0.3) is 10.9 Å². The lowest BCUT2D eigenvalue weighted by atomic mass is 10.1. The van der Waals surface area contributed by atoms with E-state index in [0.717, 1.165) is 27.4 Å². The zero-order chi connectivity index (χ0) is 23.0. The van der Waals surface area contributed by atoms with E-state index in [9.17, 15) is 27.2 Å². The third-order valence-electron chi connectivity index (χ3n) is 5.51. The highest BCUT2D eigenvalue weighted by Gasteiger charge is 2.39. The molecular formula is C22H18ClF4N3O2. The first-order valence-electron chi connectivity index (χ1n) is 9.86. The van der Waals surface area contributed by atoms with Crippen LogP contribution in [0.1, 0.15) is 17.5 Å². The van der Waals surface area contributed by atoms with Crippen molar-refractivity contribution in [3.63, 3.8) is 0 Å². The van der Waals surface area contributed by atoms with Crippen LogP contribution in [-0.4, -0.2) is 29.9 Å². The van der Waals surface area contributed by atoms with Gasteiger partial charge in [0.2, 0.25) is 11.8 Å². The molecule has 1 saturated heterocycles. The molecule has 1 unspecified atom stereocenters. The molecule has 1 aliphatic heterocycles. The van der Waals surface area contributed by atoms with Crippen LogP contribution in [0.2, 0.25) is 5.02 Å². The Kier molecular flexibility index (Phi) is 5.85. The number of carbonyl (C=O) groups is 2. The first kappa shape index (κ1) is 22.1. The van der Waals surface area contributed by atoms with E-state index in [2.05, 4.69) is 10.3 Å². The molecule has 2 amide bonds. The number of amides is 2. The van der Waals surface area contributed by atoms with Crippen molar-refractivity contribution in [2.24, 2.45) is 5.92 Å². The number of anilines is 1. The first-order valence-corrected chi connectivity index (χ1v) is 10.2. The SMILES string of the molecule is O=C(NCCc1c[nH]c2ccc(Cl)cc12)C1CCN(c2ccc(C(F)(F)F)c(F)c2)C1=O. The van der Waals surface area contributed by atoms with Crippen LogP contribution in [0.3, 0.4) is 0 Å². The van der Waals surface area contributed by atoms with Gasteiger partial charge in [-0.05, 0) is 54.8 Å². The Morgan fingerprint density at radius 3 is 2.72 bits per heavy atom. The average Bonchev–Trinajstić information content (AvgIpc) is 3.30. The monoisotopic (exact) mass is 467 g/mol. The van der Waals surface area contributed by atoms with Gasteiger partial charge in [-0.3, -0.25) is 9.59 Å². The van der Waals surface area contributed by atoms with E-state index in [4.69, 9.17) is 11.6 Å². The number of H-pyrrole nitrogens is 1. The summed E-state index contributed by atoms with van der Waals surface area (Å²) < 4.78 is 52.1. The van der Waals surface area contributed by atoms with Gasteiger partial charge < -0.3 is 15.2 Å². The fourth-order valence-corrected chi connectivity index (χ4v) is 4.05. The number of rotatable bonds is 5. The predicted molar refractivity (Wildman–Crippen MR) is 112 cm³/mol. The molecule has 0 aliphatic carbocycles. The van der Waals surface area contributed by atoms with Crippen molar-refractivity contribution in [2.45, 2.75) is 19.0 Å². The van der Waals surface area contributed by atoms with E-state index >= 15 is 0 Å². The van der Waals surface area contributed by atoms with Crippen molar-refractivity contribution < 1.29 is 27.2 Å². The van der Waals surface area contributed by atoms with Gasteiger partial charge in [-0.15, -0.1) is 0 Å². The topological polar surface area (TPSA) is 65.2 Å². The molecular weight excluding hydrogens is 450 g/mol. The van der Waals surface area contributed by atoms with E-state index in [-0.39, 0.29) is 25.2 Å². The highest BCUT2D eigenvalue weighted by atomic mass is 35.5. The van der Waals surface area contributed by atoms with Crippen molar-refractivity contribution in [1.29, 1.82) is 0 Å². The van der Waals surface area contributed by atoms with Gasteiger partial charge in [0.1, 0.15) is 11.7 Å². The van der Waals surface area contributed by atoms with Gasteiger partial charge in [-0.2, -0.15) is 13.2 Å². The van der Waals surface area contributed by atoms with Crippen LogP contribution in [0.5, 0.6) is 0 Å². The summed E-state index contributed by atoms with van der Waals surface area (Å²) in [6.07, 6.45) is -2.29. The maximum absolute atomic E-state index is 13.9. The number of hydrogen-bond acceptors (Lipinski definition) is 2. The van der Waals surface area contributed by atoms with Crippen molar-refractivity contribution in [2.75, 3.05) is 18.0 Å². The second kappa shape index (κ2) is 8.46. The lowest BCUT2D eigenvalue weighted by Gasteiger charge is -2.18. The molecule has 0 radical (unpaired) electrons. The Morgan fingerprint density at radius 2 is 2.00 bits per heavy atom. The van der Waals surface area contributed by atoms with Crippen LogP contribution in [0.4, 0.5) is 23.2 Å². The summed E-state index contributed by atoms with van der Waals surface area (Å²) in [5.74, 6) is -3.48. The Labute approximate surface area is 185 Å². The number of aromatic nitrogens is 1. The number of aromatic amines is 1. The minimum absolute atomic E-state index is 0.00790. The summed E-state index contributed by atoms with van der Waals surface area (Å²) in [6.45, 7) is 0.402.